The van der Waals surface area contributed by atoms with Crippen molar-refractivity contribution in [3.8, 4) is 0 Å². The van der Waals surface area contributed by atoms with Crippen molar-refractivity contribution in [1.29, 1.82) is 0 Å². The Morgan fingerprint density at radius 3 is 2.96 bits per heavy atom. The number of nitrogens with one attached hydrogen (secondary N) is 2. The van der Waals surface area contributed by atoms with E-state index in [4.69, 9.17) is 0 Å². The van der Waals surface area contributed by atoms with Gasteiger partial charge in [0.05, 0.1) is 19.1 Å². The van der Waals surface area contributed by atoms with E-state index in [0.717, 1.165) is 5.69 Å². The molecule has 1 aliphatic rings. The first-order chi connectivity index (χ1) is 12.4. The Kier molecular flexibility index (Phi) is 5.26. The van der Waals surface area contributed by atoms with Crippen LogP contribution in [0.3, 0.4) is 0 Å². The number of aromatic nitrogens is 2. The number of carbonyl (C=O) groups is 2. The summed E-state index contributed by atoms with van der Waals surface area (Å²) in [6, 6.07) is 2.70. The summed E-state index contributed by atoms with van der Waals surface area (Å²) in [5.74, 6) is -0.999. The van der Waals surface area contributed by atoms with Gasteiger partial charge >= 0.3 is 12.0 Å². The van der Waals surface area contributed by atoms with E-state index >= 15 is 0 Å². The van der Waals surface area contributed by atoms with E-state index in [2.05, 4.69) is 36.0 Å². The Balaban J connectivity index is 1.96. The van der Waals surface area contributed by atoms with E-state index in [1.807, 2.05) is 0 Å². The number of aromatic amines is 1. The Labute approximate surface area is 158 Å². The van der Waals surface area contributed by atoms with E-state index in [-0.39, 0.29) is 0 Å². The molecule has 2 atom stereocenters. The van der Waals surface area contributed by atoms with Gasteiger partial charge in [-0.05, 0) is 19.1 Å². The van der Waals surface area contributed by atoms with E-state index in [9.17, 15) is 14.0 Å². The number of rotatable bonds is 3. The molecule has 1 aromatic heterocycles. The maximum absolute atomic E-state index is 14.6. The van der Waals surface area contributed by atoms with E-state index in [1.54, 1.807) is 12.1 Å². The number of halogens is 2. The third-order valence-electron chi connectivity index (χ3n) is 4.34. The number of benzene rings is 1. The summed E-state index contributed by atoms with van der Waals surface area (Å²) in [7, 11) is 1.25. The molecule has 1 aromatic carbocycles. The van der Waals surface area contributed by atoms with E-state index in [0.29, 0.717) is 28.7 Å². The molecular formula is C17H18BrFN4O3. The molecule has 0 bridgehead atoms. The Hall–Kier alpha value is -2.42. The van der Waals surface area contributed by atoms with Crippen LogP contribution < -0.4 is 5.32 Å². The second-order valence-corrected chi connectivity index (χ2v) is 6.89. The molecule has 7 nitrogen and oxygen atoms in total. The molecule has 0 fully saturated rings. The number of hydrogen-bond donors (Lipinski definition) is 2. The second-order valence-electron chi connectivity index (χ2n) is 5.97. The molecule has 0 saturated heterocycles. The molecule has 2 heterocycles. The van der Waals surface area contributed by atoms with Gasteiger partial charge in [0.15, 0.2) is 0 Å². The minimum Gasteiger partial charge on any atom is -0.467 e. The van der Waals surface area contributed by atoms with Gasteiger partial charge in [0.25, 0.3) is 0 Å². The highest BCUT2D eigenvalue weighted by molar-refractivity contribution is 9.10. The highest BCUT2D eigenvalue weighted by atomic mass is 79.9. The van der Waals surface area contributed by atoms with Crippen LogP contribution in [-0.4, -0.2) is 46.6 Å². The van der Waals surface area contributed by atoms with Crippen LogP contribution in [0.4, 0.5) is 9.18 Å². The van der Waals surface area contributed by atoms with E-state index in [1.165, 1.54) is 31.3 Å². The fourth-order valence-corrected chi connectivity index (χ4v) is 3.37. The summed E-state index contributed by atoms with van der Waals surface area (Å²) in [6.07, 6.45) is 2.09. The smallest absolute Gasteiger partial charge is 0.328 e. The molecule has 2 aromatic rings. The SMILES string of the molecule is COC(=O)[C@H](C)NC(=O)N1CCc2[nH]cnc2C1c1ccc(Br)cc1F. The summed E-state index contributed by atoms with van der Waals surface area (Å²) in [5.41, 5.74) is 1.79. The van der Waals surface area contributed by atoms with Crippen LogP contribution in [0.5, 0.6) is 0 Å². The number of H-pyrrole nitrogens is 1. The third-order valence-corrected chi connectivity index (χ3v) is 4.83. The van der Waals surface area contributed by atoms with Gasteiger partial charge in [-0.1, -0.05) is 22.0 Å². The molecule has 9 heteroatoms. The van der Waals surface area contributed by atoms with Crippen LogP contribution >= 0.6 is 15.9 Å². The summed E-state index contributed by atoms with van der Waals surface area (Å²) < 4.78 is 19.9. The van der Waals surface area contributed by atoms with Gasteiger partial charge in [-0.25, -0.2) is 19.0 Å². The minimum absolute atomic E-state index is 0.335. The number of imidazole rings is 1. The number of ether oxygens (including phenoxy) is 1. The summed E-state index contributed by atoms with van der Waals surface area (Å²) >= 11 is 3.24. The van der Waals surface area contributed by atoms with Crippen molar-refractivity contribution in [2.45, 2.75) is 25.4 Å². The molecular weight excluding hydrogens is 407 g/mol. The highest BCUT2D eigenvalue weighted by Crippen LogP contribution is 2.35. The maximum atomic E-state index is 14.6. The summed E-state index contributed by atoms with van der Waals surface area (Å²) in [4.78, 5) is 33.2. The standard InChI is InChI=1S/C17H18BrFN4O3/c1-9(16(24)26-2)22-17(25)23-6-5-13-14(21-8-20-13)15(23)11-4-3-10(18)7-12(11)19/h3-4,7-9,15H,5-6H2,1-2H3,(H,20,21)(H,22,25)/t9-,15?/m0/s1. The van der Waals surface area contributed by atoms with Crippen molar-refractivity contribution in [2.24, 2.45) is 0 Å². The first-order valence-corrected chi connectivity index (χ1v) is 8.83. The molecule has 3 rings (SSSR count). The van der Waals surface area contributed by atoms with Crippen LogP contribution in [0, 0.1) is 5.82 Å². The lowest BCUT2D eigenvalue weighted by molar-refractivity contribution is -0.142. The molecule has 138 valence electrons. The van der Waals surface area contributed by atoms with E-state index < -0.39 is 29.9 Å². The third kappa shape index (κ3) is 3.44. The maximum Gasteiger partial charge on any atom is 0.328 e. The van der Waals surface area contributed by atoms with Crippen LogP contribution in [0.25, 0.3) is 0 Å². The number of hydrogen-bond acceptors (Lipinski definition) is 4. The Morgan fingerprint density at radius 1 is 1.50 bits per heavy atom. The first-order valence-electron chi connectivity index (χ1n) is 8.04. The quantitative estimate of drug-likeness (QED) is 0.741. The average Bonchev–Trinajstić information content (AvgIpc) is 3.09. The van der Waals surface area contributed by atoms with Crippen LogP contribution in [-0.2, 0) is 16.0 Å². The number of nitrogens with zero attached hydrogens (tertiary/aromatic N) is 2. The summed E-state index contributed by atoms with van der Waals surface area (Å²) in [5, 5.41) is 2.60. The van der Waals surface area contributed by atoms with Crippen LogP contribution in [0.15, 0.2) is 29.0 Å². The Morgan fingerprint density at radius 2 is 2.27 bits per heavy atom. The van der Waals surface area contributed by atoms with Gasteiger partial charge < -0.3 is 19.9 Å². The van der Waals surface area contributed by atoms with Gasteiger partial charge in [-0.2, -0.15) is 0 Å². The van der Waals surface area contributed by atoms with Crippen molar-refractivity contribution < 1.29 is 18.7 Å². The Bertz CT molecular complexity index is 841. The lowest BCUT2D eigenvalue weighted by Gasteiger charge is -2.35. The van der Waals surface area contributed by atoms with Crippen LogP contribution in [0.2, 0.25) is 0 Å². The predicted octanol–water partition coefficient (Wildman–Crippen LogP) is 2.53. The van der Waals surface area contributed by atoms with Gasteiger partial charge in [-0.15, -0.1) is 0 Å². The number of fused-ring (bicyclic) bond motifs is 1. The van der Waals surface area contributed by atoms with Crippen molar-refractivity contribution in [3.63, 3.8) is 0 Å². The van der Waals surface area contributed by atoms with Gasteiger partial charge in [0.2, 0.25) is 0 Å². The zero-order valence-corrected chi connectivity index (χ0v) is 15.8. The summed E-state index contributed by atoms with van der Waals surface area (Å²) in [6.45, 7) is 1.89. The number of amides is 2. The number of esters is 1. The monoisotopic (exact) mass is 424 g/mol. The largest absolute Gasteiger partial charge is 0.467 e. The molecule has 2 amide bonds. The fraction of sp³-hybridized carbons (Fsp3) is 0.353. The number of carbonyl (C=O) groups excluding carboxylic acids is 2. The fourth-order valence-electron chi connectivity index (χ4n) is 3.04. The average molecular weight is 425 g/mol. The molecule has 26 heavy (non-hydrogen) atoms. The molecule has 1 aliphatic heterocycles. The number of urea groups is 1. The molecule has 0 aliphatic carbocycles. The molecule has 1 unspecified atom stereocenters. The highest BCUT2D eigenvalue weighted by Gasteiger charge is 2.36. The second kappa shape index (κ2) is 7.45. The van der Waals surface area contributed by atoms with Crippen molar-refractivity contribution in [1.82, 2.24) is 20.2 Å². The molecule has 0 spiro atoms. The predicted molar refractivity (Wildman–Crippen MR) is 95.0 cm³/mol. The van der Waals surface area contributed by atoms with Gasteiger partial charge in [0.1, 0.15) is 17.9 Å². The van der Waals surface area contributed by atoms with Crippen LogP contribution in [0.1, 0.15) is 29.9 Å². The minimum atomic E-state index is -0.816. The normalized spacial score (nSPS) is 17.4. The molecule has 0 radical (unpaired) electrons. The lowest BCUT2D eigenvalue weighted by Crippen LogP contribution is -2.50. The zero-order chi connectivity index (χ0) is 18.8. The lowest BCUT2D eigenvalue weighted by atomic mass is 9.95. The molecule has 2 N–H and O–H groups in total. The van der Waals surface area contributed by atoms with Crippen molar-refractivity contribution >= 4 is 27.9 Å². The zero-order valence-electron chi connectivity index (χ0n) is 14.3. The van der Waals surface area contributed by atoms with Crippen molar-refractivity contribution in [2.75, 3.05) is 13.7 Å². The topological polar surface area (TPSA) is 87.3 Å². The van der Waals surface area contributed by atoms with Gasteiger partial charge in [-0.3, -0.25) is 0 Å². The molecule has 0 saturated carbocycles. The van der Waals surface area contributed by atoms with Crippen molar-refractivity contribution in [3.05, 3.63) is 51.8 Å². The first kappa shape index (κ1) is 18.4. The van der Waals surface area contributed by atoms with Gasteiger partial charge in [0, 0.05) is 28.7 Å². The number of methoxy groups -OCH3 is 1.